The van der Waals surface area contributed by atoms with Crippen molar-refractivity contribution in [3.8, 4) is 0 Å². The third-order valence-electron chi connectivity index (χ3n) is 6.71. The third-order valence-corrected chi connectivity index (χ3v) is 6.96. The Morgan fingerprint density at radius 2 is 1.83 bits per heavy atom. The molecule has 0 radical (unpaired) electrons. The van der Waals surface area contributed by atoms with E-state index in [1.54, 1.807) is 35.7 Å². The largest absolute Gasteiger partial charge is 0.352 e. The van der Waals surface area contributed by atoms with E-state index < -0.39 is 41.2 Å². The Hall–Kier alpha value is -3.14. The fraction of sp³-hybridized carbons (Fsp3) is 0.273. The fourth-order valence-electron chi connectivity index (χ4n) is 4.91. The van der Waals surface area contributed by atoms with Crippen LogP contribution in [-0.4, -0.2) is 58.1 Å². The number of fused-ring (bicyclic) bond motifs is 1. The number of hydrogen-bond donors (Lipinski definition) is 2. The van der Waals surface area contributed by atoms with Crippen molar-refractivity contribution in [2.45, 2.75) is 36.7 Å². The molecule has 2 N–H and O–H groups in total. The van der Waals surface area contributed by atoms with E-state index in [2.05, 4.69) is 10.6 Å². The van der Waals surface area contributed by atoms with Crippen molar-refractivity contribution in [2.75, 3.05) is 0 Å². The minimum absolute atomic E-state index is 0.137. The van der Waals surface area contributed by atoms with Crippen molar-refractivity contribution in [2.24, 2.45) is 0 Å². The normalized spacial score (nSPS) is 20.9. The minimum atomic E-state index is -3.77. The molecule has 0 saturated carbocycles. The number of piperidine rings is 1. The molecule has 1 saturated heterocycles. The van der Waals surface area contributed by atoms with Gasteiger partial charge in [-0.2, -0.15) is 8.78 Å². The minimum Gasteiger partial charge on any atom is -0.352 e. The average molecular weight is 497 g/mol. The Morgan fingerprint density at radius 3 is 2.46 bits per heavy atom. The van der Waals surface area contributed by atoms with E-state index in [1.807, 2.05) is 0 Å². The molecule has 7 nitrogen and oxygen atoms in total. The molecule has 0 aromatic heterocycles. The predicted molar refractivity (Wildman–Crippen MR) is 133 cm³/mol. The van der Waals surface area contributed by atoms with Gasteiger partial charge in [-0.25, -0.2) is 0 Å². The number of benzene rings is 2. The molecule has 2 aliphatic heterocycles. The van der Waals surface area contributed by atoms with E-state index in [0.717, 1.165) is 12.1 Å². The van der Waals surface area contributed by atoms with Gasteiger partial charge in [-0.05, 0) is 35.7 Å². The fourth-order valence-corrected chi connectivity index (χ4v) is 5.03. The maximum absolute atomic E-state index is 14.7. The Bertz CT molecular complexity index is 1250. The van der Waals surface area contributed by atoms with Crippen molar-refractivity contribution < 1.29 is 28.0 Å². The highest BCUT2D eigenvalue weighted by Crippen LogP contribution is 2.35. The molecule has 2 aromatic rings. The molecule has 2 aromatic carbocycles. The second-order valence-electron chi connectivity index (χ2n) is 8.87. The molecule has 1 fully saturated rings. The molecular formula is C22H21B3ClF2N3O4. The molecule has 2 heterocycles. The van der Waals surface area contributed by atoms with E-state index in [-0.39, 0.29) is 29.7 Å². The van der Waals surface area contributed by atoms with Crippen LogP contribution in [0, 0.1) is 0 Å². The summed E-state index contributed by atoms with van der Waals surface area (Å²) in [6.45, 7) is 0. The molecule has 0 aliphatic carbocycles. The lowest BCUT2D eigenvalue weighted by Gasteiger charge is -2.33. The molecule has 13 heteroatoms. The number of rotatable bonds is 5. The number of amides is 4. The van der Waals surface area contributed by atoms with Gasteiger partial charge in [0.05, 0.1) is 0 Å². The monoisotopic (exact) mass is 497 g/mol. The number of carbonyl (C=O) groups is 4. The highest BCUT2D eigenvalue weighted by Gasteiger charge is 2.44. The summed E-state index contributed by atoms with van der Waals surface area (Å²) in [6.07, 6.45) is 0.366. The van der Waals surface area contributed by atoms with Gasteiger partial charge in [0.25, 0.3) is 11.8 Å². The van der Waals surface area contributed by atoms with Crippen molar-refractivity contribution in [3.63, 3.8) is 0 Å². The maximum atomic E-state index is 14.7. The molecular weight excluding hydrogens is 476 g/mol. The average Bonchev–Trinajstić information content (AvgIpc) is 3.05. The SMILES string of the molecule is Bc1c(C(B)NC(=O)C(F)(F)c2ccc(Cl)cc2)ccc2c1C(B)N(C1CCC(=O)NC1=O)C2=O. The van der Waals surface area contributed by atoms with E-state index in [1.165, 1.54) is 17.0 Å². The van der Waals surface area contributed by atoms with Gasteiger partial charge in [-0.1, -0.05) is 35.3 Å². The van der Waals surface area contributed by atoms with Gasteiger partial charge < -0.3 is 10.2 Å². The summed E-state index contributed by atoms with van der Waals surface area (Å²) in [5.41, 5.74) is 1.85. The highest BCUT2D eigenvalue weighted by atomic mass is 35.5. The van der Waals surface area contributed by atoms with Crippen LogP contribution >= 0.6 is 11.6 Å². The first kappa shape index (κ1) is 25.0. The van der Waals surface area contributed by atoms with Crippen molar-refractivity contribution >= 4 is 64.2 Å². The topological polar surface area (TPSA) is 95.6 Å². The quantitative estimate of drug-likeness (QED) is 0.411. The molecule has 0 spiro atoms. The van der Waals surface area contributed by atoms with Crippen LogP contribution in [0.25, 0.3) is 0 Å². The number of hydrogen-bond acceptors (Lipinski definition) is 4. The molecule has 3 unspecified atom stereocenters. The first-order chi connectivity index (χ1) is 16.4. The second-order valence-corrected chi connectivity index (χ2v) is 9.31. The highest BCUT2D eigenvalue weighted by molar-refractivity contribution is 6.38. The standard InChI is InChI=1S/C22H21B3ClF2N3O4/c23-16-12(17(24)30-21(35)22(27,28)9-1-3-10(26)4-2-9)6-5-11-15(16)18(25)31(20(11)34)13-7-8-14(32)29-19(13)33/h1-6,13,17-18H,7-8,23-25H2,(H,30,35)(H,29,32,33). The van der Waals surface area contributed by atoms with Crippen molar-refractivity contribution in [1.82, 2.24) is 15.5 Å². The van der Waals surface area contributed by atoms with Gasteiger partial charge in [-0.3, -0.25) is 24.5 Å². The zero-order valence-corrected chi connectivity index (χ0v) is 20.1. The molecule has 0 bridgehead atoms. The summed E-state index contributed by atoms with van der Waals surface area (Å²) in [7, 11) is 5.12. The lowest BCUT2D eigenvalue weighted by molar-refractivity contribution is -0.147. The molecule has 35 heavy (non-hydrogen) atoms. The third kappa shape index (κ3) is 4.35. The predicted octanol–water partition coefficient (Wildman–Crippen LogP) is -0.969. The molecule has 3 atom stereocenters. The van der Waals surface area contributed by atoms with E-state index in [9.17, 15) is 28.0 Å². The summed E-state index contributed by atoms with van der Waals surface area (Å²) < 4.78 is 29.5. The van der Waals surface area contributed by atoms with Crippen LogP contribution in [-0.2, 0) is 20.3 Å². The second kappa shape index (κ2) is 9.15. The van der Waals surface area contributed by atoms with Crippen LogP contribution in [0.5, 0.6) is 0 Å². The smallest absolute Gasteiger partial charge is 0.349 e. The number of alkyl halides is 2. The van der Waals surface area contributed by atoms with Gasteiger partial charge in [0.15, 0.2) is 0 Å². The Morgan fingerprint density at radius 1 is 1.17 bits per heavy atom. The van der Waals surface area contributed by atoms with E-state index >= 15 is 0 Å². The summed E-state index contributed by atoms with van der Waals surface area (Å²) in [5.74, 6) is -7.70. The summed E-state index contributed by atoms with van der Waals surface area (Å²) in [5, 5.41) is 4.92. The first-order valence-corrected chi connectivity index (χ1v) is 11.6. The number of imide groups is 1. The van der Waals surface area contributed by atoms with Crippen molar-refractivity contribution in [3.05, 3.63) is 63.7 Å². The molecule has 4 amide bonds. The lowest BCUT2D eigenvalue weighted by atomic mass is 9.72. The van der Waals surface area contributed by atoms with Crippen LogP contribution in [0.4, 0.5) is 8.78 Å². The van der Waals surface area contributed by atoms with Crippen LogP contribution in [0.1, 0.15) is 51.8 Å². The van der Waals surface area contributed by atoms with Crippen LogP contribution in [0.3, 0.4) is 0 Å². The molecule has 178 valence electrons. The summed E-state index contributed by atoms with van der Waals surface area (Å²) >= 11 is 5.76. The molecule has 2 aliphatic rings. The lowest BCUT2D eigenvalue weighted by Crippen LogP contribution is -2.53. The first-order valence-electron chi connectivity index (χ1n) is 11.2. The van der Waals surface area contributed by atoms with E-state index in [4.69, 9.17) is 11.6 Å². The van der Waals surface area contributed by atoms with Gasteiger partial charge in [-0.15, -0.1) is 0 Å². The summed E-state index contributed by atoms with van der Waals surface area (Å²) in [4.78, 5) is 51.0. The van der Waals surface area contributed by atoms with Gasteiger partial charge in [0.2, 0.25) is 11.8 Å². The molecule has 4 rings (SSSR count). The van der Waals surface area contributed by atoms with Gasteiger partial charge in [0, 0.05) is 34.5 Å². The van der Waals surface area contributed by atoms with Crippen LogP contribution < -0.4 is 16.1 Å². The van der Waals surface area contributed by atoms with Gasteiger partial charge >= 0.3 is 5.92 Å². The number of nitrogens with zero attached hydrogens (tertiary/aromatic N) is 1. The number of carbonyl (C=O) groups excluding carboxylic acids is 4. The zero-order valence-electron chi connectivity index (χ0n) is 19.3. The Labute approximate surface area is 208 Å². The van der Waals surface area contributed by atoms with E-state index in [0.29, 0.717) is 22.2 Å². The maximum Gasteiger partial charge on any atom is 0.349 e. The Kier molecular flexibility index (Phi) is 6.53. The van der Waals surface area contributed by atoms with Crippen LogP contribution in [0.15, 0.2) is 36.4 Å². The summed E-state index contributed by atoms with van der Waals surface area (Å²) in [6, 6.07) is 7.22. The number of nitrogens with one attached hydrogen (secondary N) is 2. The number of halogens is 3. The van der Waals surface area contributed by atoms with Crippen molar-refractivity contribution in [1.29, 1.82) is 0 Å². The Balaban J connectivity index is 1.58. The van der Waals surface area contributed by atoms with Gasteiger partial charge in [0.1, 0.15) is 29.6 Å². The van der Waals surface area contributed by atoms with Crippen LogP contribution in [0.2, 0.25) is 5.02 Å². The zero-order chi connectivity index (χ0) is 25.7.